The van der Waals surface area contributed by atoms with Gasteiger partial charge in [0, 0.05) is 22.3 Å². The molecule has 3 aromatic rings. The van der Waals surface area contributed by atoms with Gasteiger partial charge in [0.15, 0.2) is 23.1 Å². The molecular formula is C23H15NO5. The van der Waals surface area contributed by atoms with Gasteiger partial charge >= 0.3 is 0 Å². The van der Waals surface area contributed by atoms with E-state index < -0.39 is 5.91 Å². The largest absolute Gasteiger partial charge is 0.486 e. The maximum Gasteiger partial charge on any atom is 0.255 e. The first-order valence-corrected chi connectivity index (χ1v) is 9.16. The van der Waals surface area contributed by atoms with E-state index in [1.165, 1.54) is 0 Å². The third-order valence-corrected chi connectivity index (χ3v) is 5.01. The van der Waals surface area contributed by atoms with Gasteiger partial charge in [-0.1, -0.05) is 36.4 Å². The van der Waals surface area contributed by atoms with Gasteiger partial charge in [0.25, 0.3) is 5.91 Å². The average molecular weight is 385 g/mol. The normalized spacial score (nSPS) is 14.1. The van der Waals surface area contributed by atoms with Gasteiger partial charge in [-0.2, -0.15) is 0 Å². The van der Waals surface area contributed by atoms with E-state index in [0.29, 0.717) is 47.1 Å². The van der Waals surface area contributed by atoms with E-state index in [0.717, 1.165) is 0 Å². The second-order valence-electron chi connectivity index (χ2n) is 6.74. The van der Waals surface area contributed by atoms with Gasteiger partial charge in [-0.15, -0.1) is 0 Å². The number of ketones is 2. The molecule has 0 fully saturated rings. The highest BCUT2D eigenvalue weighted by atomic mass is 16.6. The summed E-state index contributed by atoms with van der Waals surface area (Å²) in [6.45, 7) is 0.882. The SMILES string of the molecule is O=C(Nc1cccc2c1C(=O)c1ccccc1C2=O)c1ccc2c(c1)OCCO2. The summed E-state index contributed by atoms with van der Waals surface area (Å²) in [7, 11) is 0. The van der Waals surface area contributed by atoms with Crippen molar-refractivity contribution in [3.8, 4) is 11.5 Å². The van der Waals surface area contributed by atoms with Crippen LogP contribution in [-0.2, 0) is 0 Å². The van der Waals surface area contributed by atoms with E-state index in [1.54, 1.807) is 60.7 Å². The van der Waals surface area contributed by atoms with Crippen LogP contribution in [0.2, 0.25) is 0 Å². The van der Waals surface area contributed by atoms with Crippen LogP contribution < -0.4 is 14.8 Å². The quantitative estimate of drug-likeness (QED) is 0.571. The van der Waals surface area contributed by atoms with Gasteiger partial charge < -0.3 is 14.8 Å². The highest BCUT2D eigenvalue weighted by Crippen LogP contribution is 2.33. The highest BCUT2D eigenvalue weighted by molar-refractivity contribution is 6.30. The Kier molecular flexibility index (Phi) is 3.91. The maximum atomic E-state index is 13.0. The lowest BCUT2D eigenvalue weighted by molar-refractivity contribution is 0.0978. The smallest absolute Gasteiger partial charge is 0.255 e. The topological polar surface area (TPSA) is 81.7 Å². The van der Waals surface area contributed by atoms with Crippen molar-refractivity contribution in [2.24, 2.45) is 0 Å². The first-order chi connectivity index (χ1) is 14.1. The van der Waals surface area contributed by atoms with Crippen LogP contribution in [0.1, 0.15) is 42.2 Å². The number of carbonyl (C=O) groups is 3. The Labute approximate surface area is 166 Å². The molecule has 3 aromatic carbocycles. The molecular weight excluding hydrogens is 370 g/mol. The van der Waals surface area contributed by atoms with Gasteiger partial charge in [0.05, 0.1) is 11.3 Å². The zero-order chi connectivity index (χ0) is 20.0. The zero-order valence-electron chi connectivity index (χ0n) is 15.2. The van der Waals surface area contributed by atoms with Gasteiger partial charge in [-0.25, -0.2) is 0 Å². The molecule has 0 saturated heterocycles. The molecule has 142 valence electrons. The summed E-state index contributed by atoms with van der Waals surface area (Å²) in [5.74, 6) is 0.162. The third kappa shape index (κ3) is 2.77. The number of amides is 1. The minimum atomic E-state index is -0.408. The second-order valence-corrected chi connectivity index (χ2v) is 6.74. The van der Waals surface area contributed by atoms with Crippen LogP contribution in [0.25, 0.3) is 0 Å². The van der Waals surface area contributed by atoms with E-state index in [1.807, 2.05) is 0 Å². The standard InChI is InChI=1S/C23H15NO5/c25-21-14-4-1-2-5-15(14)22(26)20-16(21)6-3-7-17(20)24-23(27)13-8-9-18-19(12-13)29-11-10-28-18/h1-9,12H,10-11H2,(H,24,27). The maximum absolute atomic E-state index is 13.0. The number of carbonyl (C=O) groups excluding carboxylic acids is 3. The summed E-state index contributed by atoms with van der Waals surface area (Å²) in [6, 6.07) is 16.5. The number of ether oxygens (including phenoxy) is 2. The molecule has 1 aliphatic heterocycles. The second kappa shape index (κ2) is 6.60. The Morgan fingerprint density at radius 2 is 1.45 bits per heavy atom. The summed E-state index contributed by atoms with van der Waals surface area (Å²) in [6.07, 6.45) is 0. The first kappa shape index (κ1) is 17.2. The Hall–Kier alpha value is -3.93. The summed E-state index contributed by atoms with van der Waals surface area (Å²) in [5, 5.41) is 2.77. The molecule has 2 aliphatic rings. The van der Waals surface area contributed by atoms with Crippen molar-refractivity contribution < 1.29 is 23.9 Å². The molecule has 1 N–H and O–H groups in total. The lowest BCUT2D eigenvalue weighted by atomic mass is 9.83. The molecule has 0 unspecified atom stereocenters. The first-order valence-electron chi connectivity index (χ1n) is 9.16. The van der Waals surface area contributed by atoms with E-state index in [2.05, 4.69) is 5.32 Å². The number of hydrogen-bond donors (Lipinski definition) is 1. The molecule has 1 aliphatic carbocycles. The molecule has 6 heteroatoms. The summed E-state index contributed by atoms with van der Waals surface area (Å²) < 4.78 is 11.0. The molecule has 1 amide bonds. The number of anilines is 1. The fourth-order valence-corrected chi connectivity index (χ4v) is 3.63. The number of hydrogen-bond acceptors (Lipinski definition) is 5. The molecule has 0 aromatic heterocycles. The van der Waals surface area contributed by atoms with Gasteiger partial charge in [0.2, 0.25) is 0 Å². The molecule has 5 rings (SSSR count). The van der Waals surface area contributed by atoms with Crippen LogP contribution in [0.15, 0.2) is 60.7 Å². The lowest BCUT2D eigenvalue weighted by Gasteiger charge is -2.21. The van der Waals surface area contributed by atoms with Gasteiger partial charge in [-0.3, -0.25) is 14.4 Å². The molecule has 0 saturated carbocycles. The lowest BCUT2D eigenvalue weighted by Crippen LogP contribution is -2.24. The van der Waals surface area contributed by atoms with Gasteiger partial charge in [-0.05, 0) is 24.3 Å². The fourth-order valence-electron chi connectivity index (χ4n) is 3.63. The van der Waals surface area contributed by atoms with Crippen LogP contribution in [0.3, 0.4) is 0 Å². The Balaban J connectivity index is 1.51. The number of fused-ring (bicyclic) bond motifs is 3. The van der Waals surface area contributed by atoms with Crippen LogP contribution in [0.5, 0.6) is 11.5 Å². The van der Waals surface area contributed by atoms with E-state index in [-0.39, 0.29) is 22.7 Å². The van der Waals surface area contributed by atoms with E-state index in [9.17, 15) is 14.4 Å². The summed E-state index contributed by atoms with van der Waals surface area (Å²) in [5.41, 5.74) is 1.87. The van der Waals surface area contributed by atoms with Crippen LogP contribution in [0.4, 0.5) is 5.69 Å². The average Bonchev–Trinajstić information content (AvgIpc) is 2.77. The third-order valence-electron chi connectivity index (χ3n) is 5.01. The Morgan fingerprint density at radius 1 is 0.759 bits per heavy atom. The molecule has 6 nitrogen and oxygen atoms in total. The molecule has 1 heterocycles. The van der Waals surface area contributed by atoms with Crippen molar-refractivity contribution in [1.29, 1.82) is 0 Å². The minimum absolute atomic E-state index is 0.210. The monoisotopic (exact) mass is 385 g/mol. The Bertz CT molecular complexity index is 1200. The van der Waals surface area contributed by atoms with Crippen LogP contribution in [0, 0.1) is 0 Å². The molecule has 0 spiro atoms. The van der Waals surface area contributed by atoms with E-state index >= 15 is 0 Å². The van der Waals surface area contributed by atoms with Gasteiger partial charge in [0.1, 0.15) is 13.2 Å². The fraction of sp³-hybridized carbons (Fsp3) is 0.0870. The van der Waals surface area contributed by atoms with Crippen molar-refractivity contribution in [3.05, 3.63) is 88.5 Å². The molecule has 0 radical (unpaired) electrons. The van der Waals surface area contributed by atoms with Crippen molar-refractivity contribution in [2.45, 2.75) is 0 Å². The molecule has 0 atom stereocenters. The van der Waals surface area contributed by atoms with E-state index in [4.69, 9.17) is 9.47 Å². The Morgan fingerprint density at radius 3 is 2.24 bits per heavy atom. The number of benzene rings is 3. The van der Waals surface area contributed by atoms with Crippen molar-refractivity contribution in [2.75, 3.05) is 18.5 Å². The summed E-state index contributed by atoms with van der Waals surface area (Å²) >= 11 is 0. The van der Waals surface area contributed by atoms with Crippen molar-refractivity contribution in [3.63, 3.8) is 0 Å². The minimum Gasteiger partial charge on any atom is -0.486 e. The summed E-state index contributed by atoms with van der Waals surface area (Å²) in [4.78, 5) is 38.7. The number of nitrogens with one attached hydrogen (secondary N) is 1. The van der Waals surface area contributed by atoms with Crippen molar-refractivity contribution >= 4 is 23.2 Å². The van der Waals surface area contributed by atoms with Crippen LogP contribution >= 0.6 is 0 Å². The number of rotatable bonds is 2. The predicted octanol–water partition coefficient (Wildman–Crippen LogP) is 3.49. The molecule has 0 bridgehead atoms. The molecule has 29 heavy (non-hydrogen) atoms. The zero-order valence-corrected chi connectivity index (χ0v) is 15.2. The van der Waals surface area contributed by atoms with Crippen LogP contribution in [-0.4, -0.2) is 30.7 Å². The predicted molar refractivity (Wildman–Crippen MR) is 105 cm³/mol. The van der Waals surface area contributed by atoms with Crippen molar-refractivity contribution in [1.82, 2.24) is 0 Å². The highest BCUT2D eigenvalue weighted by Gasteiger charge is 2.31.